The van der Waals surface area contributed by atoms with Crippen LogP contribution in [0.1, 0.15) is 18.9 Å². The Labute approximate surface area is 179 Å². The Morgan fingerprint density at radius 3 is 2.62 bits per heavy atom. The standard InChI is InChI=1S/C22H25BrN2O4/c1-4-13-29-19-11-9-16(14-20(19)28-3)10-12-22(27)25(2)15-21(26)24-18-8-6-5-7-17(18)23/h5-12,14H,4,13,15H2,1-3H3,(H,24,26)/b12-10+. The molecule has 0 aromatic heterocycles. The fraction of sp³-hybridized carbons (Fsp3) is 0.273. The number of amides is 2. The normalized spacial score (nSPS) is 10.6. The topological polar surface area (TPSA) is 67.9 Å². The van der Waals surface area contributed by atoms with Crippen LogP contribution in [0.15, 0.2) is 53.0 Å². The summed E-state index contributed by atoms with van der Waals surface area (Å²) in [7, 11) is 3.15. The Bertz CT molecular complexity index is 883. The summed E-state index contributed by atoms with van der Waals surface area (Å²) in [6.45, 7) is 2.58. The molecule has 2 aromatic carbocycles. The van der Waals surface area contributed by atoms with E-state index in [4.69, 9.17) is 9.47 Å². The number of nitrogens with one attached hydrogen (secondary N) is 1. The maximum atomic E-state index is 12.3. The molecule has 0 heterocycles. The Morgan fingerprint density at radius 2 is 1.93 bits per heavy atom. The Kier molecular flexibility index (Phi) is 8.73. The maximum absolute atomic E-state index is 12.3. The van der Waals surface area contributed by atoms with Crippen molar-refractivity contribution in [3.63, 3.8) is 0 Å². The van der Waals surface area contributed by atoms with Crippen LogP contribution in [-0.4, -0.2) is 44.0 Å². The van der Waals surface area contributed by atoms with Crippen LogP contribution in [0.2, 0.25) is 0 Å². The molecule has 1 N–H and O–H groups in total. The van der Waals surface area contributed by atoms with Crippen LogP contribution in [0, 0.1) is 0 Å². The van der Waals surface area contributed by atoms with Crippen LogP contribution in [0.3, 0.4) is 0 Å². The second kappa shape index (κ2) is 11.3. The number of hydrogen-bond donors (Lipinski definition) is 1. The number of likely N-dealkylation sites (N-methyl/N-ethyl adjacent to an activating group) is 1. The number of halogens is 1. The van der Waals surface area contributed by atoms with Crippen LogP contribution in [-0.2, 0) is 9.59 Å². The summed E-state index contributed by atoms with van der Waals surface area (Å²) >= 11 is 3.38. The lowest BCUT2D eigenvalue weighted by atomic mass is 10.2. The Balaban J connectivity index is 1.95. The molecule has 0 spiro atoms. The Hall–Kier alpha value is -2.80. The van der Waals surface area contributed by atoms with Gasteiger partial charge < -0.3 is 19.7 Å². The van der Waals surface area contributed by atoms with Gasteiger partial charge in [0, 0.05) is 17.6 Å². The molecule has 154 valence electrons. The molecule has 0 aliphatic heterocycles. The molecule has 6 nitrogen and oxygen atoms in total. The first-order chi connectivity index (χ1) is 13.9. The quantitative estimate of drug-likeness (QED) is 0.564. The van der Waals surface area contributed by atoms with E-state index in [1.807, 2.05) is 37.3 Å². The number of nitrogens with zero attached hydrogens (tertiary/aromatic N) is 1. The van der Waals surface area contributed by atoms with Crippen LogP contribution < -0.4 is 14.8 Å². The maximum Gasteiger partial charge on any atom is 0.246 e. The number of benzene rings is 2. The second-order valence-corrected chi connectivity index (χ2v) is 7.17. The van der Waals surface area contributed by atoms with Gasteiger partial charge in [0.25, 0.3) is 0 Å². The number of carbonyl (C=O) groups is 2. The van der Waals surface area contributed by atoms with Gasteiger partial charge in [-0.05, 0) is 58.3 Å². The number of carbonyl (C=O) groups excluding carboxylic acids is 2. The number of anilines is 1. The number of rotatable bonds is 9. The molecule has 2 rings (SSSR count). The van der Waals surface area contributed by atoms with Crippen molar-refractivity contribution in [3.05, 3.63) is 58.6 Å². The van der Waals surface area contributed by atoms with Crippen molar-refractivity contribution >= 4 is 39.5 Å². The summed E-state index contributed by atoms with van der Waals surface area (Å²) in [6.07, 6.45) is 4.00. The van der Waals surface area contributed by atoms with Gasteiger partial charge in [0.15, 0.2) is 11.5 Å². The third-order valence-corrected chi connectivity index (χ3v) is 4.66. The fourth-order valence-corrected chi connectivity index (χ4v) is 2.84. The molecule has 0 bridgehead atoms. The van der Waals surface area contributed by atoms with Gasteiger partial charge in [0.2, 0.25) is 11.8 Å². The van der Waals surface area contributed by atoms with E-state index in [9.17, 15) is 9.59 Å². The Morgan fingerprint density at radius 1 is 1.17 bits per heavy atom. The predicted octanol–water partition coefficient (Wildman–Crippen LogP) is 4.36. The lowest BCUT2D eigenvalue weighted by molar-refractivity contribution is -0.129. The molecular formula is C22H25BrN2O4. The van der Waals surface area contributed by atoms with Crippen molar-refractivity contribution < 1.29 is 19.1 Å². The summed E-state index contributed by atoms with van der Waals surface area (Å²) < 4.78 is 11.8. The van der Waals surface area contributed by atoms with Crippen molar-refractivity contribution in [1.82, 2.24) is 4.90 Å². The first-order valence-corrected chi connectivity index (χ1v) is 10.0. The van der Waals surface area contributed by atoms with Crippen molar-refractivity contribution in [2.45, 2.75) is 13.3 Å². The third kappa shape index (κ3) is 6.94. The number of methoxy groups -OCH3 is 1. The van der Waals surface area contributed by atoms with Crippen molar-refractivity contribution in [2.24, 2.45) is 0 Å². The minimum absolute atomic E-state index is 0.0579. The van der Waals surface area contributed by atoms with Gasteiger partial charge in [-0.3, -0.25) is 9.59 Å². The van der Waals surface area contributed by atoms with E-state index in [2.05, 4.69) is 21.2 Å². The van der Waals surface area contributed by atoms with E-state index in [0.717, 1.165) is 16.5 Å². The van der Waals surface area contributed by atoms with Gasteiger partial charge in [0.05, 0.1) is 25.9 Å². The number of hydrogen-bond acceptors (Lipinski definition) is 4. The predicted molar refractivity (Wildman–Crippen MR) is 118 cm³/mol. The molecule has 0 aliphatic carbocycles. The molecule has 0 atom stereocenters. The lowest BCUT2D eigenvalue weighted by Crippen LogP contribution is -2.33. The minimum atomic E-state index is -0.280. The highest BCUT2D eigenvalue weighted by Crippen LogP contribution is 2.28. The van der Waals surface area contributed by atoms with E-state index in [0.29, 0.717) is 23.8 Å². The highest BCUT2D eigenvalue weighted by Gasteiger charge is 2.12. The molecule has 7 heteroatoms. The summed E-state index contributed by atoms with van der Waals surface area (Å²) in [6, 6.07) is 12.8. The summed E-state index contributed by atoms with van der Waals surface area (Å²) in [5, 5.41) is 2.77. The monoisotopic (exact) mass is 460 g/mol. The molecular weight excluding hydrogens is 436 g/mol. The number of ether oxygens (including phenoxy) is 2. The SMILES string of the molecule is CCCOc1ccc(/C=C/C(=O)N(C)CC(=O)Nc2ccccc2Br)cc1OC. The summed E-state index contributed by atoms with van der Waals surface area (Å²) in [5.74, 6) is 0.714. The zero-order valence-electron chi connectivity index (χ0n) is 16.8. The van der Waals surface area contributed by atoms with E-state index < -0.39 is 0 Å². The van der Waals surface area contributed by atoms with Gasteiger partial charge in [-0.1, -0.05) is 25.1 Å². The molecule has 2 aromatic rings. The molecule has 0 saturated carbocycles. The molecule has 29 heavy (non-hydrogen) atoms. The smallest absolute Gasteiger partial charge is 0.246 e. The van der Waals surface area contributed by atoms with Crippen LogP contribution >= 0.6 is 15.9 Å². The van der Waals surface area contributed by atoms with E-state index in [1.54, 1.807) is 32.4 Å². The molecule has 0 radical (unpaired) electrons. The van der Waals surface area contributed by atoms with E-state index in [1.165, 1.54) is 11.0 Å². The van der Waals surface area contributed by atoms with E-state index in [-0.39, 0.29) is 18.4 Å². The van der Waals surface area contributed by atoms with E-state index >= 15 is 0 Å². The number of para-hydroxylation sites is 1. The first-order valence-electron chi connectivity index (χ1n) is 9.23. The molecule has 0 aliphatic rings. The summed E-state index contributed by atoms with van der Waals surface area (Å²) in [5.41, 5.74) is 1.46. The van der Waals surface area contributed by atoms with Crippen molar-refractivity contribution in [3.8, 4) is 11.5 Å². The third-order valence-electron chi connectivity index (χ3n) is 3.97. The molecule has 2 amide bonds. The van der Waals surface area contributed by atoms with Gasteiger partial charge in [0.1, 0.15) is 0 Å². The van der Waals surface area contributed by atoms with Crippen molar-refractivity contribution in [1.29, 1.82) is 0 Å². The molecule has 0 saturated heterocycles. The largest absolute Gasteiger partial charge is 0.493 e. The van der Waals surface area contributed by atoms with Crippen LogP contribution in [0.25, 0.3) is 6.08 Å². The first kappa shape index (κ1) is 22.5. The summed E-state index contributed by atoms with van der Waals surface area (Å²) in [4.78, 5) is 25.9. The van der Waals surface area contributed by atoms with Crippen molar-refractivity contribution in [2.75, 3.05) is 32.6 Å². The van der Waals surface area contributed by atoms with Gasteiger partial charge in [-0.15, -0.1) is 0 Å². The fourth-order valence-electron chi connectivity index (χ4n) is 2.46. The minimum Gasteiger partial charge on any atom is -0.493 e. The van der Waals surface area contributed by atoms with Gasteiger partial charge in [-0.25, -0.2) is 0 Å². The second-order valence-electron chi connectivity index (χ2n) is 6.31. The molecule has 0 unspecified atom stereocenters. The highest BCUT2D eigenvalue weighted by molar-refractivity contribution is 9.10. The average molecular weight is 461 g/mol. The zero-order valence-corrected chi connectivity index (χ0v) is 18.4. The average Bonchev–Trinajstić information content (AvgIpc) is 2.72. The lowest BCUT2D eigenvalue weighted by Gasteiger charge is -2.15. The van der Waals surface area contributed by atoms with Crippen LogP contribution in [0.4, 0.5) is 5.69 Å². The van der Waals surface area contributed by atoms with Crippen LogP contribution in [0.5, 0.6) is 11.5 Å². The molecule has 0 fully saturated rings. The zero-order chi connectivity index (χ0) is 21.2. The highest BCUT2D eigenvalue weighted by atomic mass is 79.9. The van der Waals surface area contributed by atoms with Gasteiger partial charge in [-0.2, -0.15) is 0 Å². The van der Waals surface area contributed by atoms with Gasteiger partial charge >= 0.3 is 0 Å².